The zero-order valence-corrected chi connectivity index (χ0v) is 11.0. The number of hydrogen-bond acceptors (Lipinski definition) is 4. The number of benzene rings is 1. The van der Waals surface area contributed by atoms with Gasteiger partial charge in [0.15, 0.2) is 5.75 Å². The molecular weight excluding hydrogens is 240 g/mol. The summed E-state index contributed by atoms with van der Waals surface area (Å²) in [7, 11) is 0. The molecule has 0 spiro atoms. The summed E-state index contributed by atoms with van der Waals surface area (Å²) in [4.78, 5) is 4.19. The van der Waals surface area contributed by atoms with Gasteiger partial charge in [0.05, 0.1) is 6.61 Å². The van der Waals surface area contributed by atoms with E-state index in [1.165, 1.54) is 0 Å². The van der Waals surface area contributed by atoms with Gasteiger partial charge < -0.3 is 15.2 Å². The largest absolute Gasteiger partial charge is 0.488 e. The Morgan fingerprint density at radius 3 is 2.63 bits per heavy atom. The highest BCUT2D eigenvalue weighted by molar-refractivity contribution is 5.39. The lowest BCUT2D eigenvalue weighted by atomic mass is 10.2. The fraction of sp³-hybridized carbons (Fsp3) is 0.267. The first kappa shape index (κ1) is 13.2. The summed E-state index contributed by atoms with van der Waals surface area (Å²) in [6, 6.07) is 11.3. The van der Waals surface area contributed by atoms with Gasteiger partial charge in [-0.15, -0.1) is 0 Å². The average molecular weight is 258 g/mol. The van der Waals surface area contributed by atoms with Crippen LogP contribution in [0.25, 0.3) is 0 Å². The van der Waals surface area contributed by atoms with E-state index in [0.717, 1.165) is 17.7 Å². The number of anilines is 1. The zero-order valence-electron chi connectivity index (χ0n) is 11.0. The fourth-order valence-electron chi connectivity index (χ4n) is 1.57. The maximum Gasteiger partial charge on any atom is 0.257 e. The van der Waals surface area contributed by atoms with Crippen molar-refractivity contribution in [3.63, 3.8) is 0 Å². The summed E-state index contributed by atoms with van der Waals surface area (Å²) in [6.07, 6.45) is 2.64. The number of hydrogen-bond donors (Lipinski definition) is 1. The Bertz CT molecular complexity index is 512. The average Bonchev–Trinajstić information content (AvgIpc) is 2.45. The van der Waals surface area contributed by atoms with Crippen LogP contribution in [0.4, 0.5) is 5.69 Å². The van der Waals surface area contributed by atoms with Gasteiger partial charge in [0, 0.05) is 11.9 Å². The standard InChI is InChI=1S/C15H18N2O2/c1-2-10-18-14-4-3-9-17-15(14)19-11-12-5-7-13(16)8-6-12/h3-9H,2,10-11,16H2,1H3. The SMILES string of the molecule is CCCOc1cccnc1OCc1ccc(N)cc1. The van der Waals surface area contributed by atoms with Gasteiger partial charge in [-0.3, -0.25) is 0 Å². The molecule has 0 aliphatic heterocycles. The van der Waals surface area contributed by atoms with E-state index in [2.05, 4.69) is 11.9 Å². The van der Waals surface area contributed by atoms with Crippen LogP contribution in [0.5, 0.6) is 11.6 Å². The Kier molecular flexibility index (Phi) is 4.61. The van der Waals surface area contributed by atoms with Crippen LogP contribution in [0.3, 0.4) is 0 Å². The molecule has 19 heavy (non-hydrogen) atoms. The summed E-state index contributed by atoms with van der Waals surface area (Å²) in [5, 5.41) is 0. The molecule has 0 aliphatic carbocycles. The lowest BCUT2D eigenvalue weighted by Crippen LogP contribution is -2.02. The van der Waals surface area contributed by atoms with Crippen LogP contribution in [0.1, 0.15) is 18.9 Å². The molecule has 0 amide bonds. The Morgan fingerprint density at radius 1 is 1.11 bits per heavy atom. The Labute approximate surface area is 113 Å². The quantitative estimate of drug-likeness (QED) is 0.809. The minimum absolute atomic E-state index is 0.444. The molecule has 0 fully saturated rings. The van der Waals surface area contributed by atoms with Gasteiger partial charge in [0.25, 0.3) is 5.88 Å². The number of nitrogens with zero attached hydrogens (tertiary/aromatic N) is 1. The molecule has 0 saturated heterocycles. The minimum atomic E-state index is 0.444. The van der Waals surface area contributed by atoms with Crippen molar-refractivity contribution in [2.45, 2.75) is 20.0 Å². The van der Waals surface area contributed by atoms with E-state index in [1.54, 1.807) is 6.20 Å². The lowest BCUT2D eigenvalue weighted by Gasteiger charge is -2.11. The van der Waals surface area contributed by atoms with E-state index in [0.29, 0.717) is 24.8 Å². The highest BCUT2D eigenvalue weighted by Crippen LogP contribution is 2.24. The Balaban J connectivity index is 2.00. The molecule has 0 aliphatic rings. The van der Waals surface area contributed by atoms with Crippen molar-refractivity contribution < 1.29 is 9.47 Å². The van der Waals surface area contributed by atoms with Crippen LogP contribution in [0.15, 0.2) is 42.6 Å². The third kappa shape index (κ3) is 3.88. The van der Waals surface area contributed by atoms with E-state index in [1.807, 2.05) is 36.4 Å². The fourth-order valence-corrected chi connectivity index (χ4v) is 1.57. The second kappa shape index (κ2) is 6.64. The van der Waals surface area contributed by atoms with Gasteiger partial charge in [0.2, 0.25) is 0 Å². The van der Waals surface area contributed by atoms with E-state index in [9.17, 15) is 0 Å². The van der Waals surface area contributed by atoms with Crippen molar-refractivity contribution in [1.29, 1.82) is 0 Å². The Morgan fingerprint density at radius 2 is 1.89 bits per heavy atom. The van der Waals surface area contributed by atoms with Gasteiger partial charge in [-0.1, -0.05) is 19.1 Å². The molecule has 0 bridgehead atoms. The van der Waals surface area contributed by atoms with E-state index in [4.69, 9.17) is 15.2 Å². The highest BCUT2D eigenvalue weighted by atomic mass is 16.5. The molecule has 1 aromatic heterocycles. The van der Waals surface area contributed by atoms with Crippen LogP contribution in [-0.4, -0.2) is 11.6 Å². The summed E-state index contributed by atoms with van der Waals surface area (Å²) in [6.45, 7) is 3.16. The molecular formula is C15H18N2O2. The minimum Gasteiger partial charge on any atom is -0.488 e. The predicted molar refractivity (Wildman–Crippen MR) is 75.2 cm³/mol. The van der Waals surface area contributed by atoms with Crippen molar-refractivity contribution in [2.75, 3.05) is 12.3 Å². The van der Waals surface area contributed by atoms with Gasteiger partial charge >= 0.3 is 0 Å². The molecule has 1 aromatic carbocycles. The molecule has 4 heteroatoms. The van der Waals surface area contributed by atoms with Crippen molar-refractivity contribution in [3.05, 3.63) is 48.2 Å². The number of nitrogen functional groups attached to an aromatic ring is 1. The van der Waals surface area contributed by atoms with Crippen LogP contribution in [0, 0.1) is 0 Å². The molecule has 0 atom stereocenters. The molecule has 4 nitrogen and oxygen atoms in total. The maximum absolute atomic E-state index is 5.68. The molecule has 2 aromatic rings. The Hall–Kier alpha value is -2.23. The summed E-state index contributed by atoms with van der Waals surface area (Å²) >= 11 is 0. The van der Waals surface area contributed by atoms with Crippen LogP contribution < -0.4 is 15.2 Å². The second-order valence-electron chi connectivity index (χ2n) is 4.19. The number of nitrogens with two attached hydrogens (primary N) is 1. The molecule has 2 N–H and O–H groups in total. The third-order valence-electron chi connectivity index (χ3n) is 2.55. The second-order valence-corrected chi connectivity index (χ2v) is 4.19. The summed E-state index contributed by atoms with van der Waals surface area (Å²) in [5.41, 5.74) is 7.43. The van der Waals surface area contributed by atoms with Crippen LogP contribution >= 0.6 is 0 Å². The van der Waals surface area contributed by atoms with Gasteiger partial charge in [0.1, 0.15) is 6.61 Å². The highest BCUT2D eigenvalue weighted by Gasteiger charge is 2.05. The molecule has 1 heterocycles. The number of rotatable bonds is 6. The first-order valence-corrected chi connectivity index (χ1v) is 6.34. The number of pyridine rings is 1. The van der Waals surface area contributed by atoms with Crippen molar-refractivity contribution >= 4 is 5.69 Å². The van der Waals surface area contributed by atoms with E-state index >= 15 is 0 Å². The lowest BCUT2D eigenvalue weighted by molar-refractivity contribution is 0.252. The zero-order chi connectivity index (χ0) is 13.5. The van der Waals surface area contributed by atoms with Gasteiger partial charge in [-0.05, 0) is 36.2 Å². The first-order chi connectivity index (χ1) is 9.29. The summed E-state index contributed by atoms with van der Waals surface area (Å²) in [5.74, 6) is 1.20. The molecule has 0 saturated carbocycles. The van der Waals surface area contributed by atoms with Gasteiger partial charge in [-0.2, -0.15) is 0 Å². The van der Waals surface area contributed by atoms with E-state index < -0.39 is 0 Å². The number of aromatic nitrogens is 1. The monoisotopic (exact) mass is 258 g/mol. The maximum atomic E-state index is 5.68. The van der Waals surface area contributed by atoms with E-state index in [-0.39, 0.29) is 0 Å². The molecule has 0 radical (unpaired) electrons. The molecule has 0 unspecified atom stereocenters. The van der Waals surface area contributed by atoms with Crippen molar-refractivity contribution in [3.8, 4) is 11.6 Å². The number of ether oxygens (including phenoxy) is 2. The molecule has 100 valence electrons. The molecule has 2 rings (SSSR count). The predicted octanol–water partition coefficient (Wildman–Crippen LogP) is 3.03. The van der Waals surface area contributed by atoms with Crippen LogP contribution in [-0.2, 0) is 6.61 Å². The summed E-state index contributed by atoms with van der Waals surface area (Å²) < 4.78 is 11.3. The first-order valence-electron chi connectivity index (χ1n) is 6.34. The topological polar surface area (TPSA) is 57.4 Å². The van der Waals surface area contributed by atoms with Crippen molar-refractivity contribution in [1.82, 2.24) is 4.98 Å². The van der Waals surface area contributed by atoms with Gasteiger partial charge in [-0.25, -0.2) is 4.98 Å². The third-order valence-corrected chi connectivity index (χ3v) is 2.55. The smallest absolute Gasteiger partial charge is 0.257 e. The van der Waals surface area contributed by atoms with Crippen molar-refractivity contribution in [2.24, 2.45) is 0 Å². The van der Waals surface area contributed by atoms with Crippen LogP contribution in [0.2, 0.25) is 0 Å². The normalized spacial score (nSPS) is 10.2.